The Morgan fingerprint density at radius 1 is 1.79 bits per heavy atom. The second-order valence-electron chi connectivity index (χ2n) is 2.93. The van der Waals surface area contributed by atoms with Crippen molar-refractivity contribution in [1.82, 2.24) is 9.78 Å². The van der Waals surface area contributed by atoms with Crippen molar-refractivity contribution in [3.8, 4) is 0 Å². The third kappa shape index (κ3) is 1.95. The fraction of sp³-hybridized carbons (Fsp3) is 0.500. The highest BCUT2D eigenvalue weighted by Crippen LogP contribution is 2.14. The monoisotopic (exact) mass is 197 g/mol. The van der Waals surface area contributed by atoms with Crippen molar-refractivity contribution < 1.29 is 9.72 Å². The van der Waals surface area contributed by atoms with Crippen LogP contribution in [0.1, 0.15) is 26.3 Å². The molecule has 0 aliphatic heterocycles. The predicted molar refractivity (Wildman–Crippen MR) is 48.9 cm³/mol. The van der Waals surface area contributed by atoms with Gasteiger partial charge in [0.25, 0.3) is 0 Å². The normalized spacial score (nSPS) is 12.4. The summed E-state index contributed by atoms with van der Waals surface area (Å²) in [5.41, 5.74) is -0.0965. The van der Waals surface area contributed by atoms with Crippen molar-refractivity contribution in [3.05, 3.63) is 22.5 Å². The summed E-state index contributed by atoms with van der Waals surface area (Å²) in [6.45, 7) is 3.42. The van der Waals surface area contributed by atoms with E-state index in [0.29, 0.717) is 6.42 Å². The maximum absolute atomic E-state index is 11.3. The van der Waals surface area contributed by atoms with E-state index in [0.717, 1.165) is 6.20 Å². The number of rotatable bonds is 4. The van der Waals surface area contributed by atoms with Crippen molar-refractivity contribution in [3.63, 3.8) is 0 Å². The molecule has 0 radical (unpaired) electrons. The molecule has 0 aliphatic carbocycles. The SMILES string of the molecule is CCC(=O)C(C)n1cc([N+](=O)[O-])cn1. The Balaban J connectivity index is 2.86. The van der Waals surface area contributed by atoms with Gasteiger partial charge in [-0.05, 0) is 6.92 Å². The minimum Gasteiger partial charge on any atom is -0.297 e. The van der Waals surface area contributed by atoms with E-state index in [1.54, 1.807) is 13.8 Å². The van der Waals surface area contributed by atoms with E-state index in [2.05, 4.69) is 5.10 Å². The zero-order chi connectivity index (χ0) is 10.7. The maximum atomic E-state index is 11.3. The average molecular weight is 197 g/mol. The zero-order valence-electron chi connectivity index (χ0n) is 8.01. The second kappa shape index (κ2) is 3.99. The van der Waals surface area contributed by atoms with Gasteiger partial charge in [0, 0.05) is 6.42 Å². The van der Waals surface area contributed by atoms with Gasteiger partial charge in [-0.15, -0.1) is 0 Å². The largest absolute Gasteiger partial charge is 0.307 e. The van der Waals surface area contributed by atoms with Crippen molar-refractivity contribution in [2.45, 2.75) is 26.3 Å². The highest BCUT2D eigenvalue weighted by atomic mass is 16.6. The minimum atomic E-state index is -0.535. The Labute approximate surface area is 80.7 Å². The molecule has 1 heterocycles. The van der Waals surface area contributed by atoms with Gasteiger partial charge < -0.3 is 0 Å². The van der Waals surface area contributed by atoms with Crippen LogP contribution in [0.5, 0.6) is 0 Å². The van der Waals surface area contributed by atoms with Crippen LogP contribution in [0.25, 0.3) is 0 Å². The van der Waals surface area contributed by atoms with Gasteiger partial charge >= 0.3 is 5.69 Å². The Morgan fingerprint density at radius 3 is 2.86 bits per heavy atom. The van der Waals surface area contributed by atoms with Gasteiger partial charge in [-0.3, -0.25) is 19.6 Å². The van der Waals surface area contributed by atoms with Gasteiger partial charge in [0.15, 0.2) is 5.78 Å². The molecule has 0 N–H and O–H groups in total. The van der Waals surface area contributed by atoms with Crippen LogP contribution in [0.2, 0.25) is 0 Å². The summed E-state index contributed by atoms with van der Waals surface area (Å²) in [5.74, 6) is 0.00278. The molecular formula is C8H11N3O3. The lowest BCUT2D eigenvalue weighted by atomic mass is 10.2. The fourth-order valence-corrected chi connectivity index (χ4v) is 1.08. The summed E-state index contributed by atoms with van der Waals surface area (Å²) < 4.78 is 1.31. The topological polar surface area (TPSA) is 78.0 Å². The molecule has 6 heteroatoms. The number of aromatic nitrogens is 2. The molecule has 0 spiro atoms. The molecule has 14 heavy (non-hydrogen) atoms. The molecular weight excluding hydrogens is 186 g/mol. The van der Waals surface area contributed by atoms with Crippen LogP contribution in [0.3, 0.4) is 0 Å². The molecule has 0 bridgehead atoms. The maximum Gasteiger partial charge on any atom is 0.307 e. The van der Waals surface area contributed by atoms with Gasteiger partial charge in [-0.1, -0.05) is 6.92 Å². The molecule has 76 valence electrons. The molecule has 1 aromatic heterocycles. The third-order valence-corrected chi connectivity index (χ3v) is 2.01. The van der Waals surface area contributed by atoms with E-state index >= 15 is 0 Å². The van der Waals surface area contributed by atoms with Crippen LogP contribution in [-0.4, -0.2) is 20.5 Å². The lowest BCUT2D eigenvalue weighted by Gasteiger charge is -2.07. The first-order valence-corrected chi connectivity index (χ1v) is 4.27. The van der Waals surface area contributed by atoms with Gasteiger partial charge in [-0.25, -0.2) is 0 Å². The number of carbonyl (C=O) groups is 1. The fourth-order valence-electron chi connectivity index (χ4n) is 1.08. The van der Waals surface area contributed by atoms with Crippen molar-refractivity contribution in [1.29, 1.82) is 0 Å². The molecule has 1 aromatic rings. The summed E-state index contributed by atoms with van der Waals surface area (Å²) >= 11 is 0. The standard InChI is InChI=1S/C8H11N3O3/c1-3-8(12)6(2)10-5-7(4-9-10)11(13)14/h4-6H,3H2,1-2H3. The second-order valence-corrected chi connectivity index (χ2v) is 2.93. The van der Waals surface area contributed by atoms with Gasteiger partial charge in [-0.2, -0.15) is 5.10 Å². The quantitative estimate of drug-likeness (QED) is 0.538. The van der Waals surface area contributed by atoms with E-state index in [-0.39, 0.29) is 11.5 Å². The summed E-state index contributed by atoms with van der Waals surface area (Å²) in [6.07, 6.45) is 2.80. The lowest BCUT2D eigenvalue weighted by Crippen LogP contribution is -2.15. The molecule has 0 aliphatic rings. The number of hydrogen-bond acceptors (Lipinski definition) is 4. The van der Waals surface area contributed by atoms with E-state index in [1.165, 1.54) is 10.9 Å². The first-order valence-electron chi connectivity index (χ1n) is 4.27. The molecule has 1 atom stereocenters. The number of hydrogen-bond donors (Lipinski definition) is 0. The van der Waals surface area contributed by atoms with Crippen molar-refractivity contribution in [2.75, 3.05) is 0 Å². The molecule has 1 rings (SSSR count). The number of nitrogens with zero attached hydrogens (tertiary/aromatic N) is 3. The molecule has 1 unspecified atom stereocenters. The summed E-state index contributed by atoms with van der Waals surface area (Å²) in [4.78, 5) is 21.1. The highest BCUT2D eigenvalue weighted by molar-refractivity contribution is 5.81. The van der Waals surface area contributed by atoms with E-state index in [9.17, 15) is 14.9 Å². The van der Waals surface area contributed by atoms with Crippen LogP contribution in [0.4, 0.5) is 5.69 Å². The molecule has 0 aromatic carbocycles. The van der Waals surface area contributed by atoms with E-state index in [4.69, 9.17) is 0 Å². The van der Waals surface area contributed by atoms with Crippen LogP contribution < -0.4 is 0 Å². The van der Waals surface area contributed by atoms with Gasteiger partial charge in [0.2, 0.25) is 0 Å². The van der Waals surface area contributed by atoms with Crippen LogP contribution in [0, 0.1) is 10.1 Å². The Morgan fingerprint density at radius 2 is 2.43 bits per heavy atom. The number of nitro groups is 1. The van der Waals surface area contributed by atoms with E-state index in [1.807, 2.05) is 0 Å². The number of ketones is 1. The molecule has 0 saturated heterocycles. The van der Waals surface area contributed by atoms with Crippen molar-refractivity contribution >= 4 is 11.5 Å². The zero-order valence-corrected chi connectivity index (χ0v) is 8.01. The van der Waals surface area contributed by atoms with Crippen LogP contribution in [-0.2, 0) is 4.79 Å². The first kappa shape index (κ1) is 10.4. The minimum absolute atomic E-state index is 0.00278. The van der Waals surface area contributed by atoms with E-state index < -0.39 is 11.0 Å². The molecule has 0 amide bonds. The van der Waals surface area contributed by atoms with Gasteiger partial charge in [0.05, 0.1) is 4.92 Å². The average Bonchev–Trinajstić information content (AvgIpc) is 2.64. The number of carbonyl (C=O) groups excluding carboxylic acids is 1. The molecule has 0 saturated carbocycles. The first-order chi connectivity index (χ1) is 6.56. The Bertz CT molecular complexity index is 358. The third-order valence-electron chi connectivity index (χ3n) is 2.01. The smallest absolute Gasteiger partial charge is 0.297 e. The summed E-state index contributed by atoms with van der Waals surface area (Å²) in [5, 5.41) is 14.1. The summed E-state index contributed by atoms with van der Waals surface area (Å²) in [6, 6.07) is -0.436. The van der Waals surface area contributed by atoms with Gasteiger partial charge in [0.1, 0.15) is 18.4 Å². The Kier molecular flexibility index (Phi) is 2.95. The lowest BCUT2D eigenvalue weighted by molar-refractivity contribution is -0.385. The van der Waals surface area contributed by atoms with Crippen LogP contribution >= 0.6 is 0 Å². The van der Waals surface area contributed by atoms with Crippen molar-refractivity contribution in [2.24, 2.45) is 0 Å². The number of Topliss-reactive ketones (excluding diaryl/α,β-unsaturated/α-hetero) is 1. The van der Waals surface area contributed by atoms with Crippen LogP contribution in [0.15, 0.2) is 12.4 Å². The Hall–Kier alpha value is -1.72. The summed E-state index contributed by atoms with van der Waals surface area (Å²) in [7, 11) is 0. The predicted octanol–water partition coefficient (Wildman–Crippen LogP) is 1.33. The highest BCUT2D eigenvalue weighted by Gasteiger charge is 2.17. The molecule has 6 nitrogen and oxygen atoms in total. The molecule has 0 fully saturated rings.